The second-order valence-corrected chi connectivity index (χ2v) is 6.02. The molecule has 7 nitrogen and oxygen atoms in total. The molecule has 1 aromatic heterocycles. The van der Waals surface area contributed by atoms with Crippen LogP contribution in [0.5, 0.6) is 11.5 Å². The van der Waals surface area contributed by atoms with Crippen LogP contribution >= 0.6 is 11.8 Å². The molecule has 1 atom stereocenters. The number of aromatic nitrogens is 3. The molecule has 2 aromatic rings. The van der Waals surface area contributed by atoms with Crippen LogP contribution in [-0.2, 0) is 11.3 Å². The lowest BCUT2D eigenvalue weighted by atomic mass is 10.2. The Morgan fingerprint density at radius 3 is 3.09 bits per heavy atom. The summed E-state index contributed by atoms with van der Waals surface area (Å²) in [7, 11) is 0. The van der Waals surface area contributed by atoms with Crippen LogP contribution in [0.25, 0.3) is 0 Å². The fourth-order valence-corrected chi connectivity index (χ4v) is 2.87. The second kappa shape index (κ2) is 6.27. The number of hydrogen-bond donors (Lipinski definition) is 1. The third kappa shape index (κ3) is 3.01. The molecule has 1 N–H and O–H groups in total. The maximum absolute atomic E-state index is 12.3. The van der Waals surface area contributed by atoms with E-state index in [9.17, 15) is 4.79 Å². The van der Waals surface area contributed by atoms with Crippen LogP contribution in [0.15, 0.2) is 29.7 Å². The number of carbonyl (C=O) groups excluding carboxylic acids is 1. The summed E-state index contributed by atoms with van der Waals surface area (Å²) in [6.45, 7) is 4.82. The molecule has 0 radical (unpaired) electrons. The topological polar surface area (TPSA) is 78.3 Å². The molecule has 0 aliphatic carbocycles. The van der Waals surface area contributed by atoms with Crippen LogP contribution in [-0.4, -0.2) is 32.7 Å². The van der Waals surface area contributed by atoms with Gasteiger partial charge in [0.05, 0.1) is 5.25 Å². The minimum atomic E-state index is -0.292. The molecular formula is C14H16N4O3S. The highest BCUT2D eigenvalue weighted by Gasteiger charge is 2.19. The number of hydrogen-bond acceptors (Lipinski definition) is 6. The molecule has 2 heterocycles. The zero-order valence-corrected chi connectivity index (χ0v) is 13.1. The number of thioether (sulfide) groups is 1. The molecule has 0 bridgehead atoms. The standard InChI is InChI=1S/C14H16N4O3S/c1-3-18-7-15-17-14(18)22-9(2)13(19)16-10-4-5-11-12(6-10)21-8-20-11/h4-7,9H,3,8H2,1-2H3,(H,16,19)/t9-/m0/s1. The Kier molecular flexibility index (Phi) is 4.19. The molecule has 0 fully saturated rings. The van der Waals surface area contributed by atoms with Crippen molar-refractivity contribution in [1.82, 2.24) is 14.8 Å². The Hall–Kier alpha value is -2.22. The first-order valence-electron chi connectivity index (χ1n) is 6.92. The fourth-order valence-electron chi connectivity index (χ4n) is 1.98. The van der Waals surface area contributed by atoms with Crippen molar-refractivity contribution in [2.45, 2.75) is 30.8 Å². The maximum atomic E-state index is 12.3. The van der Waals surface area contributed by atoms with Gasteiger partial charge in [-0.15, -0.1) is 10.2 Å². The highest BCUT2D eigenvalue weighted by molar-refractivity contribution is 8.00. The van der Waals surface area contributed by atoms with Gasteiger partial charge in [0.1, 0.15) is 6.33 Å². The Bertz CT molecular complexity index is 688. The lowest BCUT2D eigenvalue weighted by Gasteiger charge is -2.12. The van der Waals surface area contributed by atoms with E-state index in [1.165, 1.54) is 11.8 Å². The smallest absolute Gasteiger partial charge is 0.237 e. The van der Waals surface area contributed by atoms with Crippen molar-refractivity contribution in [2.24, 2.45) is 0 Å². The SMILES string of the molecule is CCn1cnnc1S[C@@H](C)C(=O)Nc1ccc2c(c1)OCO2. The van der Waals surface area contributed by atoms with Gasteiger partial charge < -0.3 is 19.4 Å². The van der Waals surface area contributed by atoms with E-state index < -0.39 is 0 Å². The number of aryl methyl sites for hydroxylation is 1. The summed E-state index contributed by atoms with van der Waals surface area (Å²) in [5.74, 6) is 1.23. The van der Waals surface area contributed by atoms with Crippen LogP contribution in [0.1, 0.15) is 13.8 Å². The van der Waals surface area contributed by atoms with Crippen molar-refractivity contribution in [1.29, 1.82) is 0 Å². The van der Waals surface area contributed by atoms with Crippen molar-refractivity contribution in [3.05, 3.63) is 24.5 Å². The van der Waals surface area contributed by atoms with Crippen molar-refractivity contribution in [3.63, 3.8) is 0 Å². The number of amides is 1. The van der Waals surface area contributed by atoms with Crippen molar-refractivity contribution in [3.8, 4) is 11.5 Å². The zero-order chi connectivity index (χ0) is 15.5. The molecule has 0 saturated carbocycles. The van der Waals surface area contributed by atoms with Crippen molar-refractivity contribution < 1.29 is 14.3 Å². The highest BCUT2D eigenvalue weighted by atomic mass is 32.2. The van der Waals surface area contributed by atoms with Gasteiger partial charge in [0.2, 0.25) is 12.7 Å². The van der Waals surface area contributed by atoms with Crippen LogP contribution in [0, 0.1) is 0 Å². The first kappa shape index (κ1) is 14.7. The first-order chi connectivity index (χ1) is 10.7. The second-order valence-electron chi connectivity index (χ2n) is 4.72. The molecule has 116 valence electrons. The van der Waals surface area contributed by atoms with Crippen molar-refractivity contribution in [2.75, 3.05) is 12.1 Å². The normalized spacial score (nSPS) is 13.9. The molecule has 1 aromatic carbocycles. The third-order valence-electron chi connectivity index (χ3n) is 3.21. The summed E-state index contributed by atoms with van der Waals surface area (Å²) < 4.78 is 12.4. The van der Waals surface area contributed by atoms with Gasteiger partial charge in [0.15, 0.2) is 16.7 Å². The molecule has 3 rings (SSSR count). The van der Waals surface area contributed by atoms with Gasteiger partial charge in [-0.05, 0) is 26.0 Å². The molecule has 0 saturated heterocycles. The Morgan fingerprint density at radius 1 is 1.45 bits per heavy atom. The number of carbonyl (C=O) groups is 1. The average Bonchev–Trinajstić information content (AvgIpc) is 3.15. The Morgan fingerprint density at radius 2 is 2.27 bits per heavy atom. The van der Waals surface area contributed by atoms with Crippen LogP contribution in [0.4, 0.5) is 5.69 Å². The van der Waals surface area contributed by atoms with Gasteiger partial charge >= 0.3 is 0 Å². The van der Waals surface area contributed by atoms with Gasteiger partial charge in [-0.25, -0.2) is 0 Å². The zero-order valence-electron chi connectivity index (χ0n) is 12.3. The van der Waals surface area contributed by atoms with E-state index in [2.05, 4.69) is 15.5 Å². The molecule has 1 amide bonds. The number of benzene rings is 1. The predicted octanol–water partition coefficient (Wildman–Crippen LogP) is 2.15. The number of rotatable bonds is 5. The summed E-state index contributed by atoms with van der Waals surface area (Å²) >= 11 is 1.38. The quantitative estimate of drug-likeness (QED) is 0.851. The van der Waals surface area contributed by atoms with Crippen LogP contribution < -0.4 is 14.8 Å². The largest absolute Gasteiger partial charge is 0.454 e. The van der Waals surface area contributed by atoms with Crippen molar-refractivity contribution >= 4 is 23.4 Å². The molecule has 1 aliphatic rings. The number of nitrogens with zero attached hydrogens (tertiary/aromatic N) is 3. The van der Waals surface area contributed by atoms with Gasteiger partial charge in [0, 0.05) is 18.3 Å². The fraction of sp³-hybridized carbons (Fsp3) is 0.357. The lowest BCUT2D eigenvalue weighted by molar-refractivity contribution is -0.115. The predicted molar refractivity (Wildman–Crippen MR) is 82.2 cm³/mol. The Labute approximate surface area is 132 Å². The minimum Gasteiger partial charge on any atom is -0.454 e. The van der Waals surface area contributed by atoms with E-state index in [1.54, 1.807) is 24.5 Å². The minimum absolute atomic E-state index is 0.102. The molecule has 1 aliphatic heterocycles. The number of nitrogens with one attached hydrogen (secondary N) is 1. The van der Waals surface area contributed by atoms with Gasteiger partial charge in [-0.3, -0.25) is 4.79 Å². The van der Waals surface area contributed by atoms with E-state index in [1.807, 2.05) is 18.4 Å². The van der Waals surface area contributed by atoms with E-state index in [0.29, 0.717) is 17.2 Å². The maximum Gasteiger partial charge on any atom is 0.237 e. The summed E-state index contributed by atoms with van der Waals surface area (Å²) in [5, 5.41) is 11.2. The summed E-state index contributed by atoms with van der Waals surface area (Å²) in [6, 6.07) is 5.33. The molecule has 0 spiro atoms. The molecular weight excluding hydrogens is 304 g/mol. The average molecular weight is 320 g/mol. The van der Waals surface area contributed by atoms with Gasteiger partial charge in [-0.1, -0.05) is 11.8 Å². The van der Waals surface area contributed by atoms with E-state index in [4.69, 9.17) is 9.47 Å². The molecule has 8 heteroatoms. The number of fused-ring (bicyclic) bond motifs is 1. The number of anilines is 1. The van der Waals surface area contributed by atoms with Crippen LogP contribution in [0.2, 0.25) is 0 Å². The third-order valence-corrected chi connectivity index (χ3v) is 4.31. The van der Waals surface area contributed by atoms with Crippen LogP contribution in [0.3, 0.4) is 0 Å². The lowest BCUT2D eigenvalue weighted by Crippen LogP contribution is -2.22. The first-order valence-corrected chi connectivity index (χ1v) is 7.80. The summed E-state index contributed by atoms with van der Waals surface area (Å²) in [5.41, 5.74) is 0.679. The summed E-state index contributed by atoms with van der Waals surface area (Å²) in [6.07, 6.45) is 1.66. The monoisotopic (exact) mass is 320 g/mol. The van der Waals surface area contributed by atoms with E-state index in [-0.39, 0.29) is 18.0 Å². The summed E-state index contributed by atoms with van der Waals surface area (Å²) in [4.78, 5) is 12.3. The Balaban J connectivity index is 1.64. The van der Waals surface area contributed by atoms with E-state index in [0.717, 1.165) is 11.7 Å². The molecule has 0 unspecified atom stereocenters. The van der Waals surface area contributed by atoms with E-state index >= 15 is 0 Å². The highest BCUT2D eigenvalue weighted by Crippen LogP contribution is 2.34. The van der Waals surface area contributed by atoms with Gasteiger partial charge in [0.25, 0.3) is 0 Å². The van der Waals surface area contributed by atoms with Gasteiger partial charge in [-0.2, -0.15) is 0 Å². The molecule has 22 heavy (non-hydrogen) atoms. The number of ether oxygens (including phenoxy) is 2.